The van der Waals surface area contributed by atoms with Crippen LogP contribution in [0.1, 0.15) is 54.9 Å². The highest BCUT2D eigenvalue weighted by molar-refractivity contribution is 5.91. The Bertz CT molecular complexity index is 1350. The normalized spacial score (nSPS) is 28.3. The maximum absolute atomic E-state index is 10.7. The van der Waals surface area contributed by atoms with Gasteiger partial charge in [-0.05, 0) is 79.8 Å². The van der Waals surface area contributed by atoms with Crippen LogP contribution in [-0.4, -0.2) is 48.2 Å². The largest absolute Gasteiger partial charge is 0.504 e. The number of likely N-dealkylation sites (N-methyl/N-ethyl adjacent to an activating group) is 1. The Hall–Kier alpha value is -3.51. The third-order valence-corrected chi connectivity index (χ3v) is 9.79. The lowest BCUT2D eigenvalue weighted by atomic mass is 9.44. The number of nitrogens with one attached hydrogen (secondary N) is 1. The van der Waals surface area contributed by atoms with Gasteiger partial charge in [0.1, 0.15) is 6.10 Å². The quantitative estimate of drug-likeness (QED) is 0.430. The molecule has 2 bridgehead atoms. The van der Waals surface area contributed by atoms with Gasteiger partial charge < -0.3 is 19.6 Å². The smallest absolute Gasteiger partial charge is 0.243 e. The minimum Gasteiger partial charge on any atom is -0.504 e. The molecule has 1 saturated carbocycles. The summed E-state index contributed by atoms with van der Waals surface area (Å²) in [6.07, 6.45) is 13.5. The fourth-order valence-electron chi connectivity index (χ4n) is 7.92. The molecule has 2 aliphatic carbocycles. The summed E-state index contributed by atoms with van der Waals surface area (Å²) < 4.78 is 11.3. The molecule has 6 nitrogen and oxygen atoms in total. The number of aromatic hydroxyl groups is 1. The molecule has 4 aliphatic rings. The van der Waals surface area contributed by atoms with E-state index in [1.807, 2.05) is 6.07 Å². The van der Waals surface area contributed by atoms with Crippen LogP contribution in [0.2, 0.25) is 0 Å². The van der Waals surface area contributed by atoms with Crippen molar-refractivity contribution in [1.29, 1.82) is 0 Å². The van der Waals surface area contributed by atoms with Crippen LogP contribution in [0.15, 0.2) is 71.6 Å². The van der Waals surface area contributed by atoms with E-state index in [1.54, 1.807) is 31.7 Å². The molecule has 204 valence electrons. The fraction of sp³-hybridized carbons (Fsp3) is 0.424. The Labute approximate surface area is 230 Å². The van der Waals surface area contributed by atoms with Crippen molar-refractivity contribution in [2.75, 3.05) is 20.1 Å². The summed E-state index contributed by atoms with van der Waals surface area (Å²) in [7, 11) is 1.59. The molecule has 2 fully saturated rings. The highest BCUT2D eigenvalue weighted by atomic mass is 16.5. The molecule has 2 aromatic carbocycles. The standard InChI is InChI=1S/C25H29NO2.C8H9NO2/c1-24-12-5-8-21-25(24)13-15-26(14-11-17-6-3-2-4-7-17)20(24)16-18-9-10-19(27)23(28-21)22(18)25;1-9-8(10)3-2-7-4-5-11-6-7/h2-4,6-7,9-10,20-21,27H,5,8,11-16H2,1H3;2-6H,1H3,(H,9,10)/b;3-2+/t20-,21+,24+,25-;/m1./s1. The molecular weight excluding hydrogens is 488 g/mol. The van der Waals surface area contributed by atoms with Gasteiger partial charge in [0.05, 0.1) is 12.5 Å². The van der Waals surface area contributed by atoms with E-state index in [0.29, 0.717) is 11.8 Å². The maximum Gasteiger partial charge on any atom is 0.243 e. The first-order valence-electron chi connectivity index (χ1n) is 14.2. The molecule has 7 rings (SSSR count). The van der Waals surface area contributed by atoms with Gasteiger partial charge in [-0.1, -0.05) is 43.3 Å². The van der Waals surface area contributed by atoms with Gasteiger partial charge in [0.15, 0.2) is 11.5 Å². The van der Waals surface area contributed by atoms with E-state index in [2.05, 4.69) is 53.5 Å². The number of furan rings is 1. The van der Waals surface area contributed by atoms with E-state index in [-0.39, 0.29) is 22.8 Å². The minimum absolute atomic E-state index is 0.0980. The van der Waals surface area contributed by atoms with Crippen molar-refractivity contribution in [3.63, 3.8) is 0 Å². The van der Waals surface area contributed by atoms with E-state index in [0.717, 1.165) is 50.1 Å². The highest BCUT2D eigenvalue weighted by Crippen LogP contribution is 2.68. The average Bonchev–Trinajstić information content (AvgIpc) is 3.59. The molecule has 0 unspecified atom stereocenters. The van der Waals surface area contributed by atoms with Gasteiger partial charge >= 0.3 is 0 Å². The van der Waals surface area contributed by atoms with Gasteiger partial charge in [-0.15, -0.1) is 0 Å². The third kappa shape index (κ3) is 4.26. The highest BCUT2D eigenvalue weighted by Gasteiger charge is 2.69. The number of phenols is 1. The van der Waals surface area contributed by atoms with Crippen molar-refractivity contribution >= 4 is 12.0 Å². The van der Waals surface area contributed by atoms with Crippen molar-refractivity contribution in [3.8, 4) is 11.5 Å². The third-order valence-electron chi connectivity index (χ3n) is 9.79. The van der Waals surface area contributed by atoms with Crippen molar-refractivity contribution in [1.82, 2.24) is 10.2 Å². The number of benzene rings is 2. The molecule has 6 heteroatoms. The zero-order chi connectivity index (χ0) is 27.0. The minimum atomic E-state index is -0.119. The first-order chi connectivity index (χ1) is 19.0. The Morgan fingerprint density at radius 2 is 2.03 bits per heavy atom. The number of phenolic OH excluding ortho intramolecular Hbond substituents is 1. The predicted octanol–water partition coefficient (Wildman–Crippen LogP) is 5.49. The number of hydrogen-bond donors (Lipinski definition) is 2. The van der Waals surface area contributed by atoms with Gasteiger partial charge in [0.2, 0.25) is 5.91 Å². The Morgan fingerprint density at radius 3 is 2.79 bits per heavy atom. The number of nitrogens with zero attached hydrogens (tertiary/aromatic N) is 1. The van der Waals surface area contributed by atoms with E-state index in [1.165, 1.54) is 35.6 Å². The summed E-state index contributed by atoms with van der Waals surface area (Å²) in [5.41, 5.74) is 5.44. The van der Waals surface area contributed by atoms with Crippen LogP contribution in [0.5, 0.6) is 11.5 Å². The first-order valence-corrected chi connectivity index (χ1v) is 14.2. The van der Waals surface area contributed by atoms with Gasteiger partial charge in [-0.25, -0.2) is 0 Å². The Kier molecular flexibility index (Phi) is 6.76. The van der Waals surface area contributed by atoms with Crippen LogP contribution < -0.4 is 10.1 Å². The van der Waals surface area contributed by atoms with E-state index >= 15 is 0 Å². The van der Waals surface area contributed by atoms with Crippen molar-refractivity contribution in [3.05, 3.63) is 89.4 Å². The zero-order valence-electron chi connectivity index (χ0n) is 22.9. The summed E-state index contributed by atoms with van der Waals surface area (Å²) in [6, 6.07) is 17.3. The molecule has 1 aromatic heterocycles. The number of piperidine rings is 1. The summed E-state index contributed by atoms with van der Waals surface area (Å²) in [6.45, 7) is 4.80. The number of rotatable bonds is 5. The van der Waals surface area contributed by atoms with Gasteiger partial charge in [0, 0.05) is 42.3 Å². The number of likely N-dealkylation sites (tertiary alicyclic amines) is 1. The fourth-order valence-corrected chi connectivity index (χ4v) is 7.92. The second-order valence-corrected chi connectivity index (χ2v) is 11.6. The van der Waals surface area contributed by atoms with Crippen LogP contribution in [0.25, 0.3) is 6.08 Å². The second kappa shape index (κ2) is 10.2. The van der Waals surface area contributed by atoms with Crippen molar-refractivity contribution in [2.45, 2.75) is 63.0 Å². The van der Waals surface area contributed by atoms with E-state index in [9.17, 15) is 9.90 Å². The van der Waals surface area contributed by atoms with E-state index < -0.39 is 0 Å². The van der Waals surface area contributed by atoms with Crippen LogP contribution in [0.3, 0.4) is 0 Å². The molecule has 1 amide bonds. The van der Waals surface area contributed by atoms with Crippen molar-refractivity contribution in [2.24, 2.45) is 5.41 Å². The molecule has 39 heavy (non-hydrogen) atoms. The number of ether oxygens (including phenoxy) is 1. The molecule has 2 aliphatic heterocycles. The van der Waals surface area contributed by atoms with Crippen LogP contribution in [-0.2, 0) is 23.1 Å². The molecular formula is C33H38N2O4. The van der Waals surface area contributed by atoms with E-state index in [4.69, 9.17) is 9.15 Å². The van der Waals surface area contributed by atoms with Crippen LogP contribution in [0, 0.1) is 5.41 Å². The summed E-state index contributed by atoms with van der Waals surface area (Å²) in [5.74, 6) is 1.04. The number of carbonyl (C=O) groups is 1. The summed E-state index contributed by atoms with van der Waals surface area (Å²) in [5, 5.41) is 13.0. The molecule has 1 spiro atoms. The monoisotopic (exact) mass is 526 g/mol. The molecule has 3 aromatic rings. The average molecular weight is 527 g/mol. The summed E-state index contributed by atoms with van der Waals surface area (Å²) >= 11 is 0. The van der Waals surface area contributed by atoms with Crippen molar-refractivity contribution < 1.29 is 19.1 Å². The summed E-state index contributed by atoms with van der Waals surface area (Å²) in [4.78, 5) is 13.5. The maximum atomic E-state index is 10.7. The van der Waals surface area contributed by atoms with Gasteiger partial charge in [-0.2, -0.15) is 0 Å². The van der Waals surface area contributed by atoms with Gasteiger partial charge in [-0.3, -0.25) is 9.69 Å². The molecule has 3 heterocycles. The Balaban J connectivity index is 0.000000213. The van der Waals surface area contributed by atoms with Crippen LogP contribution in [0.4, 0.5) is 0 Å². The number of hydrogen-bond acceptors (Lipinski definition) is 5. The van der Waals surface area contributed by atoms with Crippen LogP contribution >= 0.6 is 0 Å². The molecule has 1 saturated heterocycles. The lowest BCUT2D eigenvalue weighted by molar-refractivity contribution is -0.116. The number of amides is 1. The lowest BCUT2D eigenvalue weighted by Crippen LogP contribution is -2.70. The van der Waals surface area contributed by atoms with Gasteiger partial charge in [0.25, 0.3) is 0 Å². The first kappa shape index (κ1) is 25.8. The predicted molar refractivity (Wildman–Crippen MR) is 152 cm³/mol. The second-order valence-electron chi connectivity index (χ2n) is 11.6. The Morgan fingerprint density at radius 1 is 1.18 bits per heavy atom. The molecule has 0 radical (unpaired) electrons. The zero-order valence-corrected chi connectivity index (χ0v) is 22.9. The number of carbonyl (C=O) groups excluding carboxylic acids is 1. The molecule has 2 N–H and O–H groups in total. The lowest BCUT2D eigenvalue weighted by Gasteiger charge is -2.64. The molecule has 4 atom stereocenters. The SMILES string of the molecule is CNC(=O)/C=C/c1ccoc1.C[C@@]12CCC[C@@H]3Oc4c(O)ccc5c4[C@@]31CCN(CCc1ccccc1)[C@@H]2C5. The topological polar surface area (TPSA) is 74.9 Å².